The molecule has 10 heteroatoms. The predicted molar refractivity (Wildman–Crippen MR) is 128 cm³/mol. The minimum Gasteiger partial charge on any atom is -0.491 e. The van der Waals surface area contributed by atoms with Crippen molar-refractivity contribution in [3.8, 4) is 5.75 Å². The van der Waals surface area contributed by atoms with Gasteiger partial charge in [-0.15, -0.1) is 0 Å². The number of likely N-dealkylation sites (N-methyl/N-ethyl adjacent to an activating group) is 1. The number of hydrogen-bond acceptors (Lipinski definition) is 7. The van der Waals surface area contributed by atoms with Crippen molar-refractivity contribution >= 4 is 39.9 Å². The number of halogens is 1. The smallest absolute Gasteiger partial charge is 0.243 e. The van der Waals surface area contributed by atoms with Crippen molar-refractivity contribution in [3.05, 3.63) is 48.5 Å². The van der Waals surface area contributed by atoms with Crippen LogP contribution < -0.4 is 15.4 Å². The molecule has 3 rings (SSSR count). The first kappa shape index (κ1) is 24.8. The van der Waals surface area contributed by atoms with Crippen molar-refractivity contribution in [1.82, 2.24) is 14.9 Å². The summed E-state index contributed by atoms with van der Waals surface area (Å²) >= 11 is 0. The Morgan fingerprint density at radius 1 is 1.09 bits per heavy atom. The number of aromatic nitrogens is 2. The monoisotopic (exact) mass is 469 g/mol. The van der Waals surface area contributed by atoms with Crippen molar-refractivity contribution in [2.45, 2.75) is 13.8 Å². The molecule has 0 atom stereocenters. The van der Waals surface area contributed by atoms with Gasteiger partial charge in [-0.2, -0.15) is 0 Å². The lowest BCUT2D eigenvalue weighted by Crippen LogP contribution is -2.37. The number of ether oxygens (including phenoxy) is 2. The number of rotatable bonds is 10. The number of amides is 2. The van der Waals surface area contributed by atoms with Crippen molar-refractivity contribution in [2.24, 2.45) is 5.92 Å². The second-order valence-electron chi connectivity index (χ2n) is 7.96. The van der Waals surface area contributed by atoms with E-state index in [4.69, 9.17) is 9.47 Å². The zero-order valence-electron chi connectivity index (χ0n) is 19.6. The molecule has 0 spiro atoms. The number of benzene rings is 2. The number of carbonyl (C=O) groups is 2. The quantitative estimate of drug-likeness (QED) is 0.437. The van der Waals surface area contributed by atoms with E-state index in [1.807, 2.05) is 0 Å². The Morgan fingerprint density at radius 3 is 2.47 bits per heavy atom. The van der Waals surface area contributed by atoms with Gasteiger partial charge in [0.1, 0.15) is 30.3 Å². The largest absolute Gasteiger partial charge is 0.491 e. The summed E-state index contributed by atoms with van der Waals surface area (Å²) in [7, 11) is 3.15. The van der Waals surface area contributed by atoms with Crippen molar-refractivity contribution in [2.75, 3.05) is 44.5 Å². The van der Waals surface area contributed by atoms with Gasteiger partial charge in [0.25, 0.3) is 0 Å². The van der Waals surface area contributed by atoms with Crippen molar-refractivity contribution < 1.29 is 23.5 Å². The lowest BCUT2D eigenvalue weighted by molar-refractivity contribution is -0.136. The fraction of sp³-hybridized carbons (Fsp3) is 0.333. The Hall–Kier alpha value is -3.79. The van der Waals surface area contributed by atoms with E-state index < -0.39 is 5.82 Å². The van der Waals surface area contributed by atoms with Gasteiger partial charge in [0, 0.05) is 43.6 Å². The number of nitrogens with one attached hydrogen (secondary N) is 2. The lowest BCUT2D eigenvalue weighted by atomic mass is 10.2. The Labute approximate surface area is 197 Å². The number of fused-ring (bicyclic) bond motifs is 1. The average Bonchev–Trinajstić information content (AvgIpc) is 2.79. The molecular formula is C24H28FN5O4. The van der Waals surface area contributed by atoms with E-state index in [2.05, 4.69) is 20.6 Å². The summed E-state index contributed by atoms with van der Waals surface area (Å²) in [4.78, 5) is 33.9. The van der Waals surface area contributed by atoms with Gasteiger partial charge in [0.2, 0.25) is 11.8 Å². The van der Waals surface area contributed by atoms with Gasteiger partial charge in [0.15, 0.2) is 0 Å². The minimum atomic E-state index is -0.517. The summed E-state index contributed by atoms with van der Waals surface area (Å²) < 4.78 is 25.3. The molecule has 0 fully saturated rings. The molecule has 1 heterocycles. The zero-order chi connectivity index (χ0) is 24.7. The predicted octanol–water partition coefficient (Wildman–Crippen LogP) is 3.59. The van der Waals surface area contributed by atoms with Crippen LogP contribution in [0.15, 0.2) is 42.7 Å². The Kier molecular flexibility index (Phi) is 8.31. The topological polar surface area (TPSA) is 106 Å². The van der Waals surface area contributed by atoms with Gasteiger partial charge >= 0.3 is 0 Å². The molecule has 0 bridgehead atoms. The molecular weight excluding hydrogens is 441 g/mol. The van der Waals surface area contributed by atoms with E-state index in [-0.39, 0.29) is 29.7 Å². The molecule has 2 N–H and O–H groups in total. The maximum Gasteiger partial charge on any atom is 0.243 e. The normalized spacial score (nSPS) is 10.9. The molecule has 0 radical (unpaired) electrons. The fourth-order valence-corrected chi connectivity index (χ4v) is 3.25. The first-order valence-electron chi connectivity index (χ1n) is 10.8. The molecule has 34 heavy (non-hydrogen) atoms. The highest BCUT2D eigenvalue weighted by atomic mass is 19.1. The molecule has 2 amide bonds. The standard InChI is InChI=1S/C24H28FN5O4/c1-15(2)24(32)30(3)13-21(31)28-16-5-7-17(8-6-16)29-23-22-19(25)11-18(34-10-9-33-4)12-20(22)26-14-27-23/h5-8,11-12,14-15H,9-10,13H2,1-4H3,(H,28,31)(H,26,27,29). The van der Waals surface area contributed by atoms with Gasteiger partial charge in [-0.3, -0.25) is 9.59 Å². The average molecular weight is 470 g/mol. The van der Waals surface area contributed by atoms with Gasteiger partial charge in [-0.1, -0.05) is 13.8 Å². The van der Waals surface area contributed by atoms with Gasteiger partial charge in [-0.25, -0.2) is 14.4 Å². The van der Waals surface area contributed by atoms with Crippen LogP contribution >= 0.6 is 0 Å². The van der Waals surface area contributed by atoms with E-state index in [1.165, 1.54) is 17.3 Å². The number of carbonyl (C=O) groups excluding carboxylic acids is 2. The molecule has 180 valence electrons. The molecule has 0 unspecified atom stereocenters. The summed E-state index contributed by atoms with van der Waals surface area (Å²) in [6.07, 6.45) is 1.34. The minimum absolute atomic E-state index is 0.0413. The summed E-state index contributed by atoms with van der Waals surface area (Å²) in [5, 5.41) is 6.07. The maximum atomic E-state index is 14.8. The molecule has 0 saturated carbocycles. The summed E-state index contributed by atoms with van der Waals surface area (Å²) in [5.74, 6) is -0.445. The van der Waals surface area contributed by atoms with Crippen LogP contribution in [0.1, 0.15) is 13.8 Å². The highest BCUT2D eigenvalue weighted by molar-refractivity contribution is 5.95. The van der Waals surface area contributed by atoms with Crippen LogP contribution in [0.4, 0.5) is 21.6 Å². The fourth-order valence-electron chi connectivity index (χ4n) is 3.25. The molecule has 9 nitrogen and oxygen atoms in total. The molecule has 0 aliphatic heterocycles. The maximum absolute atomic E-state index is 14.8. The summed E-state index contributed by atoms with van der Waals surface area (Å²) in [5.41, 5.74) is 1.61. The van der Waals surface area contributed by atoms with Crippen LogP contribution in [0, 0.1) is 11.7 Å². The van der Waals surface area contributed by atoms with Crippen LogP contribution in [0.2, 0.25) is 0 Å². The third-order valence-electron chi connectivity index (χ3n) is 4.90. The third kappa shape index (κ3) is 6.38. The van der Waals surface area contributed by atoms with Gasteiger partial charge < -0.3 is 25.0 Å². The van der Waals surface area contributed by atoms with Crippen molar-refractivity contribution in [3.63, 3.8) is 0 Å². The first-order valence-corrected chi connectivity index (χ1v) is 10.8. The van der Waals surface area contributed by atoms with Gasteiger partial charge in [0.05, 0.1) is 24.1 Å². The van der Waals surface area contributed by atoms with E-state index in [1.54, 1.807) is 58.3 Å². The highest BCUT2D eigenvalue weighted by Crippen LogP contribution is 2.29. The zero-order valence-corrected chi connectivity index (χ0v) is 19.6. The highest BCUT2D eigenvalue weighted by Gasteiger charge is 2.16. The first-order chi connectivity index (χ1) is 16.3. The van der Waals surface area contributed by atoms with E-state index >= 15 is 0 Å². The molecule has 0 aliphatic carbocycles. The molecule has 0 aliphatic rings. The van der Waals surface area contributed by atoms with E-state index in [0.29, 0.717) is 41.7 Å². The second kappa shape index (κ2) is 11.4. The second-order valence-corrected chi connectivity index (χ2v) is 7.96. The number of anilines is 3. The molecule has 0 saturated heterocycles. The summed E-state index contributed by atoms with van der Waals surface area (Å²) in [6.45, 7) is 4.21. The number of nitrogens with zero attached hydrogens (tertiary/aromatic N) is 3. The van der Waals surface area contributed by atoms with Gasteiger partial charge in [-0.05, 0) is 24.3 Å². The summed E-state index contributed by atoms with van der Waals surface area (Å²) in [6, 6.07) is 9.78. The molecule has 1 aromatic heterocycles. The van der Waals surface area contributed by atoms with Crippen LogP contribution in [-0.2, 0) is 14.3 Å². The van der Waals surface area contributed by atoms with E-state index in [0.717, 1.165) is 0 Å². The van der Waals surface area contributed by atoms with Crippen LogP contribution in [0.3, 0.4) is 0 Å². The number of hydrogen-bond donors (Lipinski definition) is 2. The SMILES string of the molecule is COCCOc1cc(F)c2c(Nc3ccc(NC(=O)CN(C)C(=O)C(C)C)cc3)ncnc2c1. The Balaban J connectivity index is 1.68. The van der Waals surface area contributed by atoms with E-state index in [9.17, 15) is 14.0 Å². The number of methoxy groups -OCH3 is 1. The van der Waals surface area contributed by atoms with Crippen LogP contribution in [0.25, 0.3) is 10.9 Å². The molecule has 2 aromatic carbocycles. The Bertz CT molecular complexity index is 1150. The van der Waals surface area contributed by atoms with Crippen molar-refractivity contribution in [1.29, 1.82) is 0 Å². The van der Waals surface area contributed by atoms with Crippen LogP contribution in [-0.4, -0.2) is 60.6 Å². The van der Waals surface area contributed by atoms with Crippen LogP contribution in [0.5, 0.6) is 5.75 Å². The third-order valence-corrected chi connectivity index (χ3v) is 4.90. The molecule has 3 aromatic rings. The Morgan fingerprint density at radius 2 is 1.79 bits per heavy atom. The lowest BCUT2D eigenvalue weighted by Gasteiger charge is -2.18.